The monoisotopic (exact) mass is 202 g/mol. The van der Waals surface area contributed by atoms with E-state index in [9.17, 15) is 0 Å². The number of pyridine rings is 1. The lowest BCUT2D eigenvalue weighted by atomic mass is 10.2. The first-order valence-electron chi connectivity index (χ1n) is 4.90. The summed E-state index contributed by atoms with van der Waals surface area (Å²) in [5.74, 6) is 0.825. The minimum absolute atomic E-state index is 0.474. The molecule has 0 bridgehead atoms. The average molecular weight is 202 g/mol. The van der Waals surface area contributed by atoms with Crippen LogP contribution in [0.2, 0.25) is 0 Å². The highest BCUT2D eigenvalue weighted by Crippen LogP contribution is 2.12. The van der Waals surface area contributed by atoms with Crippen molar-refractivity contribution in [3.8, 4) is 5.82 Å². The van der Waals surface area contributed by atoms with E-state index in [0.29, 0.717) is 6.54 Å². The standard InChI is InChI=1S/C11H14N4/c1-8-3-4-10(7-12)11(13-8)15-6-5-9(2)14-15/h3-6H,7,12H2,1-2H3. The summed E-state index contributed by atoms with van der Waals surface area (Å²) in [6.07, 6.45) is 1.90. The second-order valence-electron chi connectivity index (χ2n) is 3.54. The summed E-state index contributed by atoms with van der Waals surface area (Å²) < 4.78 is 1.77. The average Bonchev–Trinajstić information content (AvgIpc) is 2.65. The molecule has 2 heterocycles. The fraction of sp³-hybridized carbons (Fsp3) is 0.273. The SMILES string of the molecule is Cc1ccc(CN)c(-n2ccc(C)n2)n1. The molecule has 4 nitrogen and oxygen atoms in total. The molecule has 0 fully saturated rings. The first-order valence-corrected chi connectivity index (χ1v) is 4.90. The molecule has 0 aliphatic rings. The number of nitrogens with two attached hydrogens (primary N) is 1. The van der Waals surface area contributed by atoms with Gasteiger partial charge in [-0.2, -0.15) is 5.10 Å². The van der Waals surface area contributed by atoms with Crippen LogP contribution in [0.3, 0.4) is 0 Å². The molecular formula is C11H14N4. The maximum atomic E-state index is 5.66. The van der Waals surface area contributed by atoms with E-state index in [0.717, 1.165) is 22.8 Å². The molecule has 2 N–H and O–H groups in total. The Labute approximate surface area is 88.8 Å². The summed E-state index contributed by atoms with van der Waals surface area (Å²) >= 11 is 0. The molecule has 0 unspecified atom stereocenters. The van der Waals surface area contributed by atoms with Crippen molar-refractivity contribution >= 4 is 0 Å². The van der Waals surface area contributed by atoms with Crippen LogP contribution in [-0.4, -0.2) is 14.8 Å². The molecule has 78 valence electrons. The van der Waals surface area contributed by atoms with Gasteiger partial charge in [0.25, 0.3) is 0 Å². The van der Waals surface area contributed by atoms with Crippen molar-refractivity contribution in [1.82, 2.24) is 14.8 Å². The minimum Gasteiger partial charge on any atom is -0.326 e. The highest BCUT2D eigenvalue weighted by atomic mass is 15.3. The van der Waals surface area contributed by atoms with E-state index in [4.69, 9.17) is 5.73 Å². The summed E-state index contributed by atoms with van der Waals surface area (Å²) in [5.41, 5.74) is 8.61. The van der Waals surface area contributed by atoms with Gasteiger partial charge in [0.1, 0.15) is 0 Å². The lowest BCUT2D eigenvalue weighted by Crippen LogP contribution is -2.08. The molecule has 0 atom stereocenters. The molecule has 4 heteroatoms. The van der Waals surface area contributed by atoms with Gasteiger partial charge in [-0.1, -0.05) is 6.07 Å². The van der Waals surface area contributed by atoms with Crippen LogP contribution < -0.4 is 5.73 Å². The third-order valence-corrected chi connectivity index (χ3v) is 2.25. The summed E-state index contributed by atoms with van der Waals surface area (Å²) in [5, 5.41) is 4.33. The molecule has 0 amide bonds. The maximum absolute atomic E-state index is 5.66. The van der Waals surface area contributed by atoms with Crippen molar-refractivity contribution in [3.05, 3.63) is 41.3 Å². The molecule has 0 radical (unpaired) electrons. The smallest absolute Gasteiger partial charge is 0.158 e. The van der Waals surface area contributed by atoms with E-state index < -0.39 is 0 Å². The van der Waals surface area contributed by atoms with Crippen molar-refractivity contribution in [2.24, 2.45) is 5.73 Å². The van der Waals surface area contributed by atoms with Crippen molar-refractivity contribution in [3.63, 3.8) is 0 Å². The van der Waals surface area contributed by atoms with Crippen LogP contribution >= 0.6 is 0 Å². The van der Waals surface area contributed by atoms with Gasteiger partial charge in [0.05, 0.1) is 5.69 Å². The zero-order valence-corrected chi connectivity index (χ0v) is 8.94. The molecule has 0 aliphatic carbocycles. The van der Waals surface area contributed by atoms with E-state index in [-0.39, 0.29) is 0 Å². The Morgan fingerprint density at radius 1 is 1.20 bits per heavy atom. The fourth-order valence-corrected chi connectivity index (χ4v) is 1.46. The molecule has 2 rings (SSSR count). The van der Waals surface area contributed by atoms with Crippen LogP contribution in [0, 0.1) is 13.8 Å². The molecule has 2 aromatic heterocycles. The van der Waals surface area contributed by atoms with Gasteiger partial charge in [0.2, 0.25) is 0 Å². The topological polar surface area (TPSA) is 56.7 Å². The van der Waals surface area contributed by atoms with Crippen molar-refractivity contribution in [2.45, 2.75) is 20.4 Å². The maximum Gasteiger partial charge on any atom is 0.158 e. The molecule has 2 aromatic rings. The first kappa shape index (κ1) is 9.86. The number of aromatic nitrogens is 3. The molecule has 0 spiro atoms. The van der Waals surface area contributed by atoms with E-state index in [1.165, 1.54) is 0 Å². The van der Waals surface area contributed by atoms with Crippen LogP contribution in [0.5, 0.6) is 0 Å². The zero-order valence-electron chi connectivity index (χ0n) is 8.94. The number of hydrogen-bond donors (Lipinski definition) is 1. The number of rotatable bonds is 2. The third kappa shape index (κ3) is 1.89. The van der Waals surface area contributed by atoms with E-state index >= 15 is 0 Å². The zero-order chi connectivity index (χ0) is 10.8. The quantitative estimate of drug-likeness (QED) is 0.799. The molecule has 0 saturated heterocycles. The fourth-order valence-electron chi connectivity index (χ4n) is 1.46. The van der Waals surface area contributed by atoms with Gasteiger partial charge in [-0.05, 0) is 26.0 Å². The van der Waals surface area contributed by atoms with E-state index in [2.05, 4.69) is 10.1 Å². The Hall–Kier alpha value is -1.68. The third-order valence-electron chi connectivity index (χ3n) is 2.25. The van der Waals surface area contributed by atoms with Crippen LogP contribution in [0.4, 0.5) is 0 Å². The Bertz CT molecular complexity index is 473. The highest BCUT2D eigenvalue weighted by molar-refractivity contribution is 5.34. The summed E-state index contributed by atoms with van der Waals surface area (Å²) in [6.45, 7) is 4.39. The minimum atomic E-state index is 0.474. The number of aryl methyl sites for hydroxylation is 2. The molecule has 15 heavy (non-hydrogen) atoms. The van der Waals surface area contributed by atoms with E-state index in [1.54, 1.807) is 4.68 Å². The Morgan fingerprint density at radius 3 is 2.60 bits per heavy atom. The van der Waals surface area contributed by atoms with Gasteiger partial charge >= 0.3 is 0 Å². The molecule has 0 aromatic carbocycles. The Morgan fingerprint density at radius 2 is 2.00 bits per heavy atom. The van der Waals surface area contributed by atoms with Gasteiger partial charge in [0, 0.05) is 24.0 Å². The van der Waals surface area contributed by atoms with Gasteiger partial charge in [-0.3, -0.25) is 0 Å². The van der Waals surface area contributed by atoms with Crippen molar-refractivity contribution < 1.29 is 0 Å². The van der Waals surface area contributed by atoms with Crippen molar-refractivity contribution in [1.29, 1.82) is 0 Å². The van der Waals surface area contributed by atoms with Crippen LogP contribution in [0.1, 0.15) is 17.0 Å². The second kappa shape index (κ2) is 3.82. The Kier molecular flexibility index (Phi) is 2.51. The Balaban J connectivity index is 2.55. The van der Waals surface area contributed by atoms with Crippen LogP contribution in [0.15, 0.2) is 24.4 Å². The van der Waals surface area contributed by atoms with Crippen molar-refractivity contribution in [2.75, 3.05) is 0 Å². The summed E-state index contributed by atoms with van der Waals surface area (Å²) in [4.78, 5) is 4.45. The second-order valence-corrected chi connectivity index (χ2v) is 3.54. The molecule has 0 aliphatic heterocycles. The van der Waals surface area contributed by atoms with Crippen LogP contribution in [-0.2, 0) is 6.54 Å². The largest absolute Gasteiger partial charge is 0.326 e. The lowest BCUT2D eigenvalue weighted by molar-refractivity contribution is 0.806. The van der Waals surface area contributed by atoms with E-state index in [1.807, 2.05) is 38.2 Å². The molecular weight excluding hydrogens is 188 g/mol. The summed E-state index contributed by atoms with van der Waals surface area (Å²) in [6, 6.07) is 5.90. The van der Waals surface area contributed by atoms with Gasteiger partial charge in [-0.15, -0.1) is 0 Å². The first-order chi connectivity index (χ1) is 7.20. The predicted molar refractivity (Wildman–Crippen MR) is 58.7 cm³/mol. The lowest BCUT2D eigenvalue weighted by Gasteiger charge is -2.07. The van der Waals surface area contributed by atoms with Crippen LogP contribution in [0.25, 0.3) is 5.82 Å². The highest BCUT2D eigenvalue weighted by Gasteiger charge is 2.06. The molecule has 0 saturated carbocycles. The normalized spacial score (nSPS) is 10.6. The predicted octanol–water partition coefficient (Wildman–Crippen LogP) is 1.34. The summed E-state index contributed by atoms with van der Waals surface area (Å²) in [7, 11) is 0. The van der Waals surface area contributed by atoms with Gasteiger partial charge in [0.15, 0.2) is 5.82 Å². The van der Waals surface area contributed by atoms with Gasteiger partial charge < -0.3 is 5.73 Å². The number of nitrogens with zero attached hydrogens (tertiary/aromatic N) is 3. The number of hydrogen-bond acceptors (Lipinski definition) is 3. The van der Waals surface area contributed by atoms with Gasteiger partial charge in [-0.25, -0.2) is 9.67 Å².